The first-order valence-electron chi connectivity index (χ1n) is 6.55. The summed E-state index contributed by atoms with van der Waals surface area (Å²) in [7, 11) is 0. The Morgan fingerprint density at radius 2 is 1.91 bits per heavy atom. The number of hydrazone groups is 1. The molecular weight excluding hydrogens is 412 g/mol. The van der Waals surface area contributed by atoms with Crippen molar-refractivity contribution in [2.75, 3.05) is 0 Å². The van der Waals surface area contributed by atoms with Crippen LogP contribution in [0.2, 0.25) is 0 Å². The molecule has 0 spiro atoms. The van der Waals surface area contributed by atoms with Crippen molar-refractivity contribution in [3.8, 4) is 5.75 Å². The van der Waals surface area contributed by atoms with Crippen molar-refractivity contribution < 1.29 is 9.53 Å². The van der Waals surface area contributed by atoms with Crippen molar-refractivity contribution in [1.29, 1.82) is 0 Å². The lowest BCUT2D eigenvalue weighted by atomic mass is 10.2. The molecule has 114 valence electrons. The third-order valence-corrected chi connectivity index (χ3v) is 3.75. The lowest BCUT2D eigenvalue weighted by Gasteiger charge is -2.12. The van der Waals surface area contributed by atoms with E-state index in [0.717, 1.165) is 14.5 Å². The third-order valence-electron chi connectivity index (χ3n) is 2.73. The van der Waals surface area contributed by atoms with Crippen LogP contribution < -0.4 is 10.2 Å². The fourth-order valence-electron chi connectivity index (χ4n) is 1.62. The van der Waals surface area contributed by atoms with Crippen molar-refractivity contribution in [3.05, 3.63) is 63.0 Å². The number of carbonyl (C=O) groups is 1. The van der Waals surface area contributed by atoms with Gasteiger partial charge in [0, 0.05) is 8.95 Å². The van der Waals surface area contributed by atoms with E-state index in [1.54, 1.807) is 25.3 Å². The second-order valence-electron chi connectivity index (χ2n) is 4.50. The van der Waals surface area contributed by atoms with Gasteiger partial charge in [-0.2, -0.15) is 5.10 Å². The first-order chi connectivity index (χ1) is 10.5. The number of benzene rings is 2. The highest BCUT2D eigenvalue weighted by molar-refractivity contribution is 9.10. The van der Waals surface area contributed by atoms with E-state index in [2.05, 4.69) is 42.4 Å². The number of ether oxygens (including phenoxy) is 1. The lowest BCUT2D eigenvalue weighted by Crippen LogP contribution is -2.33. The fourth-order valence-corrected chi connectivity index (χ4v) is 2.30. The van der Waals surface area contributed by atoms with E-state index < -0.39 is 6.10 Å². The minimum absolute atomic E-state index is 0.311. The summed E-state index contributed by atoms with van der Waals surface area (Å²) < 4.78 is 7.45. The van der Waals surface area contributed by atoms with Crippen LogP contribution in [-0.4, -0.2) is 18.2 Å². The van der Waals surface area contributed by atoms with E-state index in [1.165, 1.54) is 0 Å². The van der Waals surface area contributed by atoms with Gasteiger partial charge in [-0.05, 0) is 48.9 Å². The van der Waals surface area contributed by atoms with Gasteiger partial charge in [0.25, 0.3) is 5.91 Å². The predicted molar refractivity (Wildman–Crippen MR) is 94.1 cm³/mol. The predicted octanol–water partition coefficient (Wildman–Crippen LogP) is 4.13. The Bertz CT molecular complexity index is 672. The van der Waals surface area contributed by atoms with E-state index in [4.69, 9.17) is 4.74 Å². The van der Waals surface area contributed by atoms with E-state index in [1.807, 2.05) is 36.4 Å². The molecule has 0 heterocycles. The number of hydrogen-bond acceptors (Lipinski definition) is 3. The normalized spacial score (nSPS) is 12.1. The molecule has 0 saturated heterocycles. The summed E-state index contributed by atoms with van der Waals surface area (Å²) in [5.74, 6) is 0.316. The van der Waals surface area contributed by atoms with Gasteiger partial charge in [0.15, 0.2) is 6.10 Å². The molecule has 1 atom stereocenters. The molecule has 0 fully saturated rings. The Hall–Kier alpha value is -1.66. The summed E-state index contributed by atoms with van der Waals surface area (Å²) >= 11 is 6.72. The summed E-state index contributed by atoms with van der Waals surface area (Å²) in [6, 6.07) is 14.9. The number of nitrogens with one attached hydrogen (secondary N) is 1. The molecule has 22 heavy (non-hydrogen) atoms. The molecule has 0 saturated carbocycles. The van der Waals surface area contributed by atoms with Crippen LogP contribution in [-0.2, 0) is 4.79 Å². The SMILES string of the molecule is C[C@@H](Oc1ccc(Br)cc1)C(=O)NN=Cc1cccc(Br)c1. The van der Waals surface area contributed by atoms with Gasteiger partial charge in [-0.1, -0.05) is 44.0 Å². The third kappa shape index (κ3) is 5.27. The van der Waals surface area contributed by atoms with Crippen LogP contribution in [0.3, 0.4) is 0 Å². The molecular formula is C16H14Br2N2O2. The van der Waals surface area contributed by atoms with E-state index in [-0.39, 0.29) is 5.91 Å². The maximum Gasteiger partial charge on any atom is 0.280 e. The number of carbonyl (C=O) groups excluding carboxylic acids is 1. The number of hydrogen-bond donors (Lipinski definition) is 1. The molecule has 2 aromatic carbocycles. The van der Waals surface area contributed by atoms with Crippen molar-refractivity contribution in [3.63, 3.8) is 0 Å². The van der Waals surface area contributed by atoms with Gasteiger partial charge in [0.2, 0.25) is 0 Å². The summed E-state index contributed by atoms with van der Waals surface area (Å²) in [6.45, 7) is 1.67. The highest BCUT2D eigenvalue weighted by atomic mass is 79.9. The molecule has 4 nitrogen and oxygen atoms in total. The van der Waals surface area contributed by atoms with E-state index >= 15 is 0 Å². The Balaban J connectivity index is 1.87. The summed E-state index contributed by atoms with van der Waals surface area (Å²) in [4.78, 5) is 11.9. The number of halogens is 2. The van der Waals surface area contributed by atoms with Gasteiger partial charge < -0.3 is 4.74 Å². The van der Waals surface area contributed by atoms with Crippen LogP contribution in [0.4, 0.5) is 0 Å². The topological polar surface area (TPSA) is 50.7 Å². The minimum atomic E-state index is -0.638. The highest BCUT2D eigenvalue weighted by Gasteiger charge is 2.13. The first kappa shape index (κ1) is 16.7. The largest absolute Gasteiger partial charge is 0.481 e. The number of rotatable bonds is 5. The van der Waals surface area contributed by atoms with E-state index in [0.29, 0.717) is 5.75 Å². The van der Waals surface area contributed by atoms with Crippen LogP contribution in [0.15, 0.2) is 62.6 Å². The molecule has 0 bridgehead atoms. The summed E-state index contributed by atoms with van der Waals surface area (Å²) in [6.07, 6.45) is 0.940. The molecule has 0 aliphatic carbocycles. The monoisotopic (exact) mass is 424 g/mol. The molecule has 0 unspecified atom stereocenters. The van der Waals surface area contributed by atoms with Crippen LogP contribution in [0.1, 0.15) is 12.5 Å². The number of amides is 1. The molecule has 0 aromatic heterocycles. The average Bonchev–Trinajstić information content (AvgIpc) is 2.49. The smallest absolute Gasteiger partial charge is 0.280 e. The second-order valence-corrected chi connectivity index (χ2v) is 6.33. The van der Waals surface area contributed by atoms with Crippen molar-refractivity contribution >= 4 is 44.0 Å². The molecule has 0 radical (unpaired) electrons. The van der Waals surface area contributed by atoms with Crippen LogP contribution in [0.5, 0.6) is 5.75 Å². The molecule has 2 rings (SSSR count). The molecule has 0 aliphatic rings. The van der Waals surface area contributed by atoms with Gasteiger partial charge >= 0.3 is 0 Å². The minimum Gasteiger partial charge on any atom is -0.481 e. The van der Waals surface area contributed by atoms with Gasteiger partial charge in [-0.25, -0.2) is 5.43 Å². The standard InChI is InChI=1S/C16H14Br2N2O2/c1-11(22-15-7-5-13(17)6-8-15)16(21)20-19-10-12-3-2-4-14(18)9-12/h2-11H,1H3,(H,20,21)/t11-/m1/s1. The maximum absolute atomic E-state index is 11.9. The Morgan fingerprint density at radius 3 is 2.59 bits per heavy atom. The fraction of sp³-hybridized carbons (Fsp3) is 0.125. The van der Waals surface area contributed by atoms with Gasteiger partial charge in [-0.15, -0.1) is 0 Å². The molecule has 1 amide bonds. The van der Waals surface area contributed by atoms with Crippen molar-refractivity contribution in [2.24, 2.45) is 5.10 Å². The molecule has 6 heteroatoms. The summed E-state index contributed by atoms with van der Waals surface area (Å²) in [5, 5.41) is 3.93. The van der Waals surface area contributed by atoms with Gasteiger partial charge in [0.05, 0.1) is 6.21 Å². The number of nitrogens with zero attached hydrogens (tertiary/aromatic N) is 1. The van der Waals surface area contributed by atoms with Gasteiger partial charge in [0.1, 0.15) is 5.75 Å². The quantitative estimate of drug-likeness (QED) is 0.578. The Morgan fingerprint density at radius 1 is 1.18 bits per heavy atom. The maximum atomic E-state index is 11.9. The zero-order valence-corrected chi connectivity index (χ0v) is 15.0. The summed E-state index contributed by atoms with van der Waals surface area (Å²) in [5.41, 5.74) is 3.35. The van der Waals surface area contributed by atoms with Crippen LogP contribution in [0, 0.1) is 0 Å². The van der Waals surface area contributed by atoms with Gasteiger partial charge in [-0.3, -0.25) is 4.79 Å². The average molecular weight is 426 g/mol. The van der Waals surface area contributed by atoms with Crippen molar-refractivity contribution in [2.45, 2.75) is 13.0 Å². The second kappa shape index (κ2) is 8.10. The van der Waals surface area contributed by atoms with E-state index in [9.17, 15) is 4.79 Å². The zero-order valence-electron chi connectivity index (χ0n) is 11.8. The van der Waals surface area contributed by atoms with Crippen LogP contribution in [0.25, 0.3) is 0 Å². The van der Waals surface area contributed by atoms with Crippen LogP contribution >= 0.6 is 31.9 Å². The first-order valence-corrected chi connectivity index (χ1v) is 8.14. The van der Waals surface area contributed by atoms with Crippen molar-refractivity contribution in [1.82, 2.24) is 5.43 Å². The molecule has 1 N–H and O–H groups in total. The molecule has 0 aliphatic heterocycles. The molecule has 2 aromatic rings. The Kier molecular flexibility index (Phi) is 6.15. The zero-order chi connectivity index (χ0) is 15.9. The highest BCUT2D eigenvalue weighted by Crippen LogP contribution is 2.17. The Labute approximate surface area is 145 Å². The lowest BCUT2D eigenvalue weighted by molar-refractivity contribution is -0.127.